The Bertz CT molecular complexity index is 930. The maximum Gasteiger partial charge on any atom is 0.245 e. The second-order valence-electron chi connectivity index (χ2n) is 5.70. The molecule has 0 N–H and O–H groups in total. The lowest BCUT2D eigenvalue weighted by Gasteiger charge is -2.05. The Balaban J connectivity index is 1.91. The van der Waals surface area contributed by atoms with Gasteiger partial charge in [0.05, 0.1) is 5.69 Å². The number of nitrogens with zero attached hydrogens (tertiary/aromatic N) is 3. The number of benzene rings is 1. The summed E-state index contributed by atoms with van der Waals surface area (Å²) in [5.74, 6) is 0.660. The smallest absolute Gasteiger partial charge is 0.245 e. The highest BCUT2D eigenvalue weighted by molar-refractivity contribution is 7.93. The van der Waals surface area contributed by atoms with Gasteiger partial charge in [-0.2, -0.15) is 4.98 Å². The minimum atomic E-state index is -3.68. The minimum absolute atomic E-state index is 0.0538. The van der Waals surface area contributed by atoms with Crippen molar-refractivity contribution in [3.05, 3.63) is 47.4 Å². The van der Waals surface area contributed by atoms with Crippen LogP contribution in [0.1, 0.15) is 43.7 Å². The summed E-state index contributed by atoms with van der Waals surface area (Å²) in [7, 11) is -3.68. The summed E-state index contributed by atoms with van der Waals surface area (Å²) >= 11 is 1.10. The molecule has 0 saturated heterocycles. The lowest BCUT2D eigenvalue weighted by molar-refractivity contribution is 0.369. The average molecular weight is 363 g/mol. The van der Waals surface area contributed by atoms with Gasteiger partial charge < -0.3 is 4.52 Å². The number of hydrogen-bond donors (Lipinski definition) is 0. The largest absolute Gasteiger partial charge is 0.338 e. The van der Waals surface area contributed by atoms with Crippen LogP contribution in [0.2, 0.25) is 0 Å². The predicted molar refractivity (Wildman–Crippen MR) is 91.5 cm³/mol. The van der Waals surface area contributed by atoms with E-state index in [0.29, 0.717) is 11.5 Å². The lowest BCUT2D eigenvalue weighted by Crippen LogP contribution is -2.11. The van der Waals surface area contributed by atoms with Crippen molar-refractivity contribution in [1.29, 1.82) is 0 Å². The first-order valence-corrected chi connectivity index (χ1v) is 9.90. The molecule has 6 nitrogen and oxygen atoms in total. The third-order valence-corrected chi connectivity index (χ3v) is 6.91. The van der Waals surface area contributed by atoms with E-state index in [9.17, 15) is 8.42 Å². The zero-order chi connectivity index (χ0) is 17.3. The molecule has 1 unspecified atom stereocenters. The second kappa shape index (κ2) is 6.45. The third-order valence-electron chi connectivity index (χ3n) is 3.58. The highest BCUT2D eigenvalue weighted by Crippen LogP contribution is 2.32. The van der Waals surface area contributed by atoms with E-state index in [0.717, 1.165) is 16.9 Å². The van der Waals surface area contributed by atoms with Crippen molar-refractivity contribution in [2.75, 3.05) is 0 Å². The Labute approximate surface area is 144 Å². The van der Waals surface area contributed by atoms with Crippen LogP contribution in [0.5, 0.6) is 0 Å². The van der Waals surface area contributed by atoms with Gasteiger partial charge in [-0.1, -0.05) is 49.3 Å². The van der Waals surface area contributed by atoms with Crippen molar-refractivity contribution in [3.63, 3.8) is 0 Å². The first kappa shape index (κ1) is 16.8. The van der Waals surface area contributed by atoms with E-state index in [1.807, 2.05) is 44.2 Å². The maximum atomic E-state index is 12.8. The van der Waals surface area contributed by atoms with Gasteiger partial charge in [0.1, 0.15) is 5.25 Å². The molecule has 1 aromatic carbocycles. The van der Waals surface area contributed by atoms with Crippen molar-refractivity contribution in [3.8, 4) is 11.3 Å². The fourth-order valence-electron chi connectivity index (χ4n) is 2.06. The normalized spacial score (nSPS) is 13.3. The first-order chi connectivity index (χ1) is 11.4. The van der Waals surface area contributed by atoms with Crippen LogP contribution in [0.25, 0.3) is 11.3 Å². The molecule has 0 radical (unpaired) electrons. The van der Waals surface area contributed by atoms with Gasteiger partial charge in [-0.05, 0) is 6.92 Å². The number of sulfone groups is 1. The molecule has 0 aliphatic rings. The highest BCUT2D eigenvalue weighted by Gasteiger charge is 2.32. The van der Waals surface area contributed by atoms with Gasteiger partial charge in [0.2, 0.25) is 20.1 Å². The molecule has 0 aliphatic carbocycles. The SMILES string of the molecule is CC(C)c1noc(C(C)S(=O)(=O)c2nc(-c3ccccc3)cs2)n1. The van der Waals surface area contributed by atoms with Gasteiger partial charge in [0.15, 0.2) is 5.82 Å². The fraction of sp³-hybridized carbons (Fsp3) is 0.312. The Morgan fingerprint density at radius 2 is 1.79 bits per heavy atom. The van der Waals surface area contributed by atoms with Gasteiger partial charge in [-0.25, -0.2) is 13.4 Å². The predicted octanol–water partition coefficient (Wildman–Crippen LogP) is 3.85. The van der Waals surface area contributed by atoms with E-state index in [2.05, 4.69) is 15.1 Å². The van der Waals surface area contributed by atoms with Gasteiger partial charge in [0.25, 0.3) is 0 Å². The molecular weight excluding hydrogens is 346 g/mol. The number of aromatic nitrogens is 3. The fourth-order valence-corrected chi connectivity index (χ4v) is 4.62. The maximum absolute atomic E-state index is 12.8. The van der Waals surface area contributed by atoms with Gasteiger partial charge in [0, 0.05) is 16.9 Å². The van der Waals surface area contributed by atoms with Crippen molar-refractivity contribution in [1.82, 2.24) is 15.1 Å². The molecule has 0 saturated carbocycles. The Morgan fingerprint density at radius 1 is 1.08 bits per heavy atom. The summed E-state index contributed by atoms with van der Waals surface area (Å²) in [6, 6.07) is 9.45. The molecule has 3 rings (SSSR count). The zero-order valence-electron chi connectivity index (χ0n) is 13.5. The summed E-state index contributed by atoms with van der Waals surface area (Å²) < 4.78 is 30.7. The average Bonchev–Trinajstić information content (AvgIpc) is 3.24. The number of rotatable bonds is 5. The Hall–Kier alpha value is -2.06. The standard InChI is InChI=1S/C16H17N3O3S2/c1-10(2)14-18-15(22-19-14)11(3)24(20,21)16-17-13(9-23-16)12-7-5-4-6-8-12/h4-11H,1-3H3. The van der Waals surface area contributed by atoms with Crippen LogP contribution in [0, 0.1) is 0 Å². The molecule has 0 spiro atoms. The summed E-state index contributed by atoms with van der Waals surface area (Å²) in [4.78, 5) is 8.47. The molecule has 3 aromatic rings. The number of hydrogen-bond acceptors (Lipinski definition) is 7. The molecule has 2 heterocycles. The zero-order valence-corrected chi connectivity index (χ0v) is 15.1. The van der Waals surface area contributed by atoms with Crippen molar-refractivity contribution in [2.45, 2.75) is 36.3 Å². The number of thiazole rings is 1. The highest BCUT2D eigenvalue weighted by atomic mass is 32.2. The van der Waals surface area contributed by atoms with Gasteiger partial charge >= 0.3 is 0 Å². The van der Waals surface area contributed by atoms with E-state index in [1.54, 1.807) is 5.38 Å². The molecule has 2 aromatic heterocycles. The van der Waals surface area contributed by atoms with E-state index in [-0.39, 0.29) is 16.1 Å². The monoisotopic (exact) mass is 363 g/mol. The summed E-state index contributed by atoms with van der Waals surface area (Å²) in [6.45, 7) is 5.37. The minimum Gasteiger partial charge on any atom is -0.338 e. The Morgan fingerprint density at radius 3 is 2.42 bits per heavy atom. The van der Waals surface area contributed by atoms with Crippen LogP contribution in [-0.4, -0.2) is 23.5 Å². The molecule has 126 valence electrons. The lowest BCUT2D eigenvalue weighted by atomic mass is 10.2. The van der Waals surface area contributed by atoms with Gasteiger partial charge in [-0.3, -0.25) is 0 Å². The van der Waals surface area contributed by atoms with Crippen LogP contribution in [0.3, 0.4) is 0 Å². The molecule has 0 bridgehead atoms. The molecule has 1 atom stereocenters. The summed E-state index contributed by atoms with van der Waals surface area (Å²) in [5.41, 5.74) is 1.52. The van der Waals surface area contributed by atoms with Gasteiger partial charge in [-0.15, -0.1) is 11.3 Å². The molecule has 0 fully saturated rings. The van der Waals surface area contributed by atoms with Crippen LogP contribution in [0.4, 0.5) is 0 Å². The first-order valence-electron chi connectivity index (χ1n) is 7.48. The van der Waals surface area contributed by atoms with Crippen molar-refractivity contribution >= 4 is 21.2 Å². The van der Waals surface area contributed by atoms with Crippen LogP contribution >= 0.6 is 11.3 Å². The quantitative estimate of drug-likeness (QED) is 0.684. The Kier molecular flexibility index (Phi) is 4.51. The second-order valence-corrected chi connectivity index (χ2v) is 9.00. The molecular formula is C16H17N3O3S2. The molecule has 0 aliphatic heterocycles. The molecule has 0 amide bonds. The summed E-state index contributed by atoms with van der Waals surface area (Å²) in [6.07, 6.45) is 0. The van der Waals surface area contributed by atoms with E-state index in [1.165, 1.54) is 6.92 Å². The topological polar surface area (TPSA) is 86.0 Å². The van der Waals surface area contributed by atoms with Crippen molar-refractivity contribution < 1.29 is 12.9 Å². The van der Waals surface area contributed by atoms with Crippen LogP contribution in [0.15, 0.2) is 44.6 Å². The van der Waals surface area contributed by atoms with E-state index in [4.69, 9.17) is 4.52 Å². The third kappa shape index (κ3) is 3.11. The van der Waals surface area contributed by atoms with E-state index < -0.39 is 15.1 Å². The van der Waals surface area contributed by atoms with E-state index >= 15 is 0 Å². The van der Waals surface area contributed by atoms with Crippen LogP contribution < -0.4 is 0 Å². The van der Waals surface area contributed by atoms with Crippen molar-refractivity contribution in [2.24, 2.45) is 0 Å². The summed E-state index contributed by atoms with van der Waals surface area (Å²) in [5, 5.41) is 4.63. The molecule has 8 heteroatoms. The molecule has 24 heavy (non-hydrogen) atoms. The van der Waals surface area contributed by atoms with Crippen LogP contribution in [-0.2, 0) is 9.84 Å².